The maximum atomic E-state index is 11.0. The van der Waals surface area contributed by atoms with Crippen molar-refractivity contribution in [1.29, 1.82) is 0 Å². The highest BCUT2D eigenvalue weighted by atomic mass is 32.2. The van der Waals surface area contributed by atoms with Crippen LogP contribution in [-0.2, 0) is 10.0 Å². The summed E-state index contributed by atoms with van der Waals surface area (Å²) in [4.78, 5) is 10.6. The van der Waals surface area contributed by atoms with E-state index in [1.165, 1.54) is 31.2 Å². The van der Waals surface area contributed by atoms with Crippen LogP contribution < -0.4 is 5.14 Å². The van der Waals surface area contributed by atoms with E-state index in [2.05, 4.69) is 0 Å². The first-order valence-corrected chi connectivity index (χ1v) is 5.78. The van der Waals surface area contributed by atoms with Crippen LogP contribution in [0.3, 0.4) is 0 Å². The van der Waals surface area contributed by atoms with Crippen molar-refractivity contribution in [2.45, 2.75) is 12.2 Å². The molecule has 3 N–H and O–H groups in total. The summed E-state index contributed by atoms with van der Waals surface area (Å²) < 4.78 is 22.1. The molecule has 0 aromatic heterocycles. The lowest BCUT2D eigenvalue weighted by Crippen LogP contribution is -2.19. The van der Waals surface area contributed by atoms with E-state index in [0.717, 1.165) is 0 Å². The van der Waals surface area contributed by atoms with Gasteiger partial charge in [-0.3, -0.25) is 0 Å². The Morgan fingerprint density at radius 1 is 1.47 bits per heavy atom. The molecule has 0 aliphatic carbocycles. The lowest BCUT2D eigenvalue weighted by Gasteiger charge is -2.09. The summed E-state index contributed by atoms with van der Waals surface area (Å²) in [5.41, 5.74) is 0.417. The predicted molar refractivity (Wildman–Crippen MR) is 54.9 cm³/mol. The molecule has 1 atom stereocenters. The van der Waals surface area contributed by atoms with Gasteiger partial charge in [-0.05, 0) is 24.6 Å². The van der Waals surface area contributed by atoms with E-state index in [1.807, 2.05) is 0 Å². The molecule has 0 heterocycles. The van der Waals surface area contributed by atoms with Crippen molar-refractivity contribution in [3.05, 3.63) is 35.4 Å². The normalized spacial score (nSPS) is 13.5. The number of carboxylic acid groups (broad SMARTS) is 1. The van der Waals surface area contributed by atoms with Gasteiger partial charge < -0.3 is 5.11 Å². The molecular formula is C9H11NO4S. The third-order valence-electron chi connectivity index (χ3n) is 2.10. The average Bonchev–Trinajstić information content (AvgIpc) is 2.15. The molecule has 0 saturated carbocycles. The lowest BCUT2D eigenvalue weighted by atomic mass is 10.1. The second-order valence-electron chi connectivity index (χ2n) is 3.16. The Labute approximate surface area is 87.6 Å². The molecule has 5 nitrogen and oxygen atoms in total. The van der Waals surface area contributed by atoms with Crippen molar-refractivity contribution in [3.8, 4) is 0 Å². The van der Waals surface area contributed by atoms with Crippen molar-refractivity contribution >= 4 is 16.0 Å². The molecule has 0 aliphatic rings. The zero-order valence-electron chi connectivity index (χ0n) is 8.04. The van der Waals surface area contributed by atoms with E-state index < -0.39 is 21.2 Å². The molecule has 0 unspecified atom stereocenters. The van der Waals surface area contributed by atoms with Crippen LogP contribution in [-0.4, -0.2) is 19.5 Å². The number of primary sulfonamides is 1. The lowest BCUT2D eigenvalue weighted by molar-refractivity contribution is 0.0696. The van der Waals surface area contributed by atoms with Gasteiger partial charge in [0, 0.05) is 0 Å². The number of carbonyl (C=O) groups is 1. The Morgan fingerprint density at radius 3 is 2.53 bits per heavy atom. The van der Waals surface area contributed by atoms with Gasteiger partial charge in [-0.25, -0.2) is 18.4 Å². The Kier molecular flexibility index (Phi) is 3.11. The minimum Gasteiger partial charge on any atom is -0.478 e. The van der Waals surface area contributed by atoms with Crippen LogP contribution >= 0.6 is 0 Å². The van der Waals surface area contributed by atoms with E-state index in [1.54, 1.807) is 0 Å². The number of rotatable bonds is 3. The summed E-state index contributed by atoms with van der Waals surface area (Å²) in [7, 11) is -3.69. The highest BCUT2D eigenvalue weighted by molar-refractivity contribution is 7.89. The summed E-state index contributed by atoms with van der Waals surface area (Å²) in [5, 5.41) is 12.8. The highest BCUT2D eigenvalue weighted by Crippen LogP contribution is 2.20. The van der Waals surface area contributed by atoms with E-state index >= 15 is 0 Å². The molecule has 0 fully saturated rings. The first-order chi connectivity index (χ1) is 6.82. The smallest absolute Gasteiger partial charge is 0.335 e. The third-order valence-corrected chi connectivity index (χ3v) is 3.35. The average molecular weight is 229 g/mol. The van der Waals surface area contributed by atoms with Crippen LogP contribution in [0.25, 0.3) is 0 Å². The van der Waals surface area contributed by atoms with Crippen molar-refractivity contribution < 1.29 is 18.3 Å². The van der Waals surface area contributed by atoms with Gasteiger partial charge in [-0.15, -0.1) is 0 Å². The molecule has 0 bridgehead atoms. The Balaban J connectivity index is 3.17. The molecule has 0 saturated heterocycles. The Morgan fingerprint density at radius 2 is 2.07 bits per heavy atom. The first kappa shape index (κ1) is 11.7. The first-order valence-electron chi connectivity index (χ1n) is 4.17. The number of benzene rings is 1. The van der Waals surface area contributed by atoms with Crippen LogP contribution in [0.1, 0.15) is 28.1 Å². The highest BCUT2D eigenvalue weighted by Gasteiger charge is 2.18. The van der Waals surface area contributed by atoms with Gasteiger partial charge in [0.15, 0.2) is 0 Å². The standard InChI is InChI=1S/C9H11NO4S/c1-6(15(10,13)14)7-3-2-4-8(5-7)9(11)12/h2-6H,1H3,(H,11,12)(H2,10,13,14)/t6-/m0/s1. The van der Waals surface area contributed by atoms with E-state index in [0.29, 0.717) is 5.56 Å². The van der Waals surface area contributed by atoms with Crippen LogP contribution in [0.4, 0.5) is 0 Å². The zero-order valence-corrected chi connectivity index (χ0v) is 8.86. The van der Waals surface area contributed by atoms with E-state index in [-0.39, 0.29) is 5.56 Å². The zero-order chi connectivity index (χ0) is 11.6. The van der Waals surface area contributed by atoms with Crippen molar-refractivity contribution in [1.82, 2.24) is 0 Å². The fourth-order valence-corrected chi connectivity index (χ4v) is 1.64. The molecule has 82 valence electrons. The summed E-state index contributed by atoms with van der Waals surface area (Å²) >= 11 is 0. The van der Waals surface area contributed by atoms with Crippen molar-refractivity contribution in [2.75, 3.05) is 0 Å². The van der Waals surface area contributed by atoms with Gasteiger partial charge in [0.25, 0.3) is 0 Å². The number of aromatic carboxylic acids is 1. The van der Waals surface area contributed by atoms with Crippen molar-refractivity contribution in [3.63, 3.8) is 0 Å². The number of nitrogens with two attached hydrogens (primary N) is 1. The molecule has 0 radical (unpaired) electrons. The van der Waals surface area contributed by atoms with Crippen LogP contribution in [0.2, 0.25) is 0 Å². The largest absolute Gasteiger partial charge is 0.478 e. The van der Waals surface area contributed by atoms with E-state index in [9.17, 15) is 13.2 Å². The van der Waals surface area contributed by atoms with Crippen LogP contribution in [0, 0.1) is 0 Å². The fraction of sp³-hybridized carbons (Fsp3) is 0.222. The van der Waals surface area contributed by atoms with Gasteiger partial charge in [-0.1, -0.05) is 12.1 Å². The molecule has 0 spiro atoms. The molecule has 1 aromatic carbocycles. The van der Waals surface area contributed by atoms with Gasteiger partial charge in [-0.2, -0.15) is 0 Å². The Bertz CT molecular complexity index is 481. The van der Waals surface area contributed by atoms with E-state index in [4.69, 9.17) is 10.2 Å². The number of hydrogen-bond donors (Lipinski definition) is 2. The summed E-state index contributed by atoms with van der Waals surface area (Å²) in [6, 6.07) is 5.71. The number of carboxylic acids is 1. The van der Waals surface area contributed by atoms with Crippen LogP contribution in [0.15, 0.2) is 24.3 Å². The summed E-state index contributed by atoms with van der Waals surface area (Å²) in [5.74, 6) is -1.10. The molecule has 6 heteroatoms. The minimum atomic E-state index is -3.69. The molecule has 0 amide bonds. The predicted octanol–water partition coefficient (Wildman–Crippen LogP) is 0.734. The monoisotopic (exact) mass is 229 g/mol. The summed E-state index contributed by atoms with van der Waals surface area (Å²) in [6.07, 6.45) is 0. The van der Waals surface area contributed by atoms with Gasteiger partial charge in [0.05, 0.1) is 10.8 Å². The molecule has 1 aromatic rings. The molecule has 0 aliphatic heterocycles. The van der Waals surface area contributed by atoms with Gasteiger partial charge >= 0.3 is 5.97 Å². The number of hydrogen-bond acceptors (Lipinski definition) is 3. The number of sulfonamides is 1. The third kappa shape index (κ3) is 2.77. The molecular weight excluding hydrogens is 218 g/mol. The maximum Gasteiger partial charge on any atom is 0.335 e. The quantitative estimate of drug-likeness (QED) is 0.798. The second-order valence-corrected chi connectivity index (χ2v) is 5.05. The topological polar surface area (TPSA) is 97.5 Å². The Hall–Kier alpha value is -1.40. The second kappa shape index (κ2) is 4.00. The fourth-order valence-electron chi connectivity index (χ4n) is 1.11. The van der Waals surface area contributed by atoms with Gasteiger partial charge in [0.2, 0.25) is 10.0 Å². The van der Waals surface area contributed by atoms with Crippen LogP contribution in [0.5, 0.6) is 0 Å². The molecule has 1 rings (SSSR count). The van der Waals surface area contributed by atoms with Crippen molar-refractivity contribution in [2.24, 2.45) is 5.14 Å². The molecule has 15 heavy (non-hydrogen) atoms. The minimum absolute atomic E-state index is 0.0444. The van der Waals surface area contributed by atoms with Gasteiger partial charge in [0.1, 0.15) is 0 Å². The summed E-state index contributed by atoms with van der Waals surface area (Å²) in [6.45, 7) is 1.41. The SMILES string of the molecule is C[C@@H](c1cccc(C(=O)O)c1)S(N)(=O)=O. The maximum absolute atomic E-state index is 11.0.